The van der Waals surface area contributed by atoms with Crippen molar-refractivity contribution in [3.8, 4) is 11.5 Å². The molecule has 0 heterocycles. The smallest absolute Gasteiger partial charge is 0.128 e. The van der Waals surface area contributed by atoms with Crippen molar-refractivity contribution in [3.05, 3.63) is 57.2 Å². The van der Waals surface area contributed by atoms with Gasteiger partial charge in [-0.05, 0) is 71.0 Å². The molecule has 2 aromatic carbocycles. The van der Waals surface area contributed by atoms with Crippen molar-refractivity contribution in [2.24, 2.45) is 0 Å². The Bertz CT molecular complexity index is 525. The molecule has 0 aliphatic rings. The molecule has 0 radical (unpaired) electrons. The van der Waals surface area contributed by atoms with Crippen molar-refractivity contribution in [1.82, 2.24) is 0 Å². The quantitative estimate of drug-likeness (QED) is 0.546. The maximum absolute atomic E-state index is 5.82. The van der Waals surface area contributed by atoms with Crippen LogP contribution in [0.5, 0.6) is 11.5 Å². The molecule has 0 saturated carbocycles. The van der Waals surface area contributed by atoms with Crippen molar-refractivity contribution in [2.75, 3.05) is 0 Å². The van der Waals surface area contributed by atoms with E-state index in [2.05, 4.69) is 22.6 Å². The Balaban J connectivity index is 2.22. The minimum Gasteiger partial charge on any atom is -0.457 e. The number of hydrogen-bond donors (Lipinski definition) is 0. The predicted molar refractivity (Wildman–Crippen MR) is 80.0 cm³/mol. The Morgan fingerprint density at radius 2 is 1.88 bits per heavy atom. The normalized spacial score (nSPS) is 10.3. The first kappa shape index (κ1) is 12.7. The number of aryl methyl sites for hydroxylation is 1. The van der Waals surface area contributed by atoms with Gasteiger partial charge in [-0.25, -0.2) is 0 Å². The summed E-state index contributed by atoms with van der Waals surface area (Å²) in [7, 11) is 0. The molecule has 0 aliphatic heterocycles. The van der Waals surface area contributed by atoms with Gasteiger partial charge in [-0.3, -0.25) is 0 Å². The second kappa shape index (κ2) is 5.74. The molecule has 0 fully saturated rings. The summed E-state index contributed by atoms with van der Waals surface area (Å²) in [6.07, 6.45) is 0. The second-order valence-electron chi connectivity index (χ2n) is 3.78. The van der Waals surface area contributed by atoms with Crippen LogP contribution in [-0.2, 0) is 5.88 Å². The fourth-order valence-electron chi connectivity index (χ4n) is 1.55. The average Bonchev–Trinajstić information content (AvgIpc) is 2.29. The van der Waals surface area contributed by atoms with Gasteiger partial charge in [-0.1, -0.05) is 12.1 Å². The summed E-state index contributed by atoms with van der Waals surface area (Å²) >= 11 is 8.09. The fourth-order valence-corrected chi connectivity index (χ4v) is 2.36. The van der Waals surface area contributed by atoms with E-state index in [9.17, 15) is 0 Å². The van der Waals surface area contributed by atoms with E-state index in [-0.39, 0.29) is 0 Å². The van der Waals surface area contributed by atoms with E-state index in [0.717, 1.165) is 26.2 Å². The SMILES string of the molecule is Cc1cc(Oc2cccc(I)c2)ccc1CCl. The van der Waals surface area contributed by atoms with E-state index in [0.29, 0.717) is 5.88 Å². The minimum absolute atomic E-state index is 0.537. The van der Waals surface area contributed by atoms with Gasteiger partial charge >= 0.3 is 0 Å². The predicted octanol–water partition coefficient (Wildman–Crippen LogP) is 5.13. The molecule has 0 aromatic heterocycles. The molecule has 0 unspecified atom stereocenters. The highest BCUT2D eigenvalue weighted by molar-refractivity contribution is 14.1. The summed E-state index contributed by atoms with van der Waals surface area (Å²) in [6.45, 7) is 2.04. The lowest BCUT2D eigenvalue weighted by Gasteiger charge is -2.08. The minimum atomic E-state index is 0.537. The van der Waals surface area contributed by atoms with Crippen LogP contribution in [-0.4, -0.2) is 0 Å². The van der Waals surface area contributed by atoms with Crippen molar-refractivity contribution in [2.45, 2.75) is 12.8 Å². The van der Waals surface area contributed by atoms with Crippen molar-refractivity contribution in [1.29, 1.82) is 0 Å². The van der Waals surface area contributed by atoms with E-state index in [4.69, 9.17) is 16.3 Å². The molecule has 0 N–H and O–H groups in total. The third-order valence-electron chi connectivity index (χ3n) is 2.49. The highest BCUT2D eigenvalue weighted by Crippen LogP contribution is 2.25. The van der Waals surface area contributed by atoms with E-state index in [1.54, 1.807) is 0 Å². The molecular weight excluding hydrogens is 347 g/mol. The van der Waals surface area contributed by atoms with E-state index >= 15 is 0 Å². The van der Waals surface area contributed by atoms with Crippen LogP contribution in [0.2, 0.25) is 0 Å². The van der Waals surface area contributed by atoms with E-state index in [1.165, 1.54) is 0 Å². The van der Waals surface area contributed by atoms with Crippen molar-refractivity contribution >= 4 is 34.2 Å². The molecule has 0 amide bonds. The van der Waals surface area contributed by atoms with Gasteiger partial charge in [-0.15, -0.1) is 11.6 Å². The number of hydrogen-bond acceptors (Lipinski definition) is 1. The summed E-state index contributed by atoms with van der Waals surface area (Å²) in [5.74, 6) is 2.24. The van der Waals surface area contributed by atoms with Crippen molar-refractivity contribution < 1.29 is 4.74 Å². The molecule has 1 nitrogen and oxygen atoms in total. The van der Waals surface area contributed by atoms with Crippen LogP contribution in [0.4, 0.5) is 0 Å². The van der Waals surface area contributed by atoms with Crippen LogP contribution < -0.4 is 4.74 Å². The summed E-state index contributed by atoms with van der Waals surface area (Å²) in [5.41, 5.74) is 2.30. The maximum atomic E-state index is 5.82. The Morgan fingerprint density at radius 3 is 2.53 bits per heavy atom. The largest absolute Gasteiger partial charge is 0.457 e. The van der Waals surface area contributed by atoms with Gasteiger partial charge in [0.2, 0.25) is 0 Å². The number of alkyl halides is 1. The highest BCUT2D eigenvalue weighted by atomic mass is 127. The Hall–Kier alpha value is -0.740. The molecule has 0 aliphatic carbocycles. The highest BCUT2D eigenvalue weighted by Gasteiger charge is 2.01. The molecule has 3 heteroatoms. The number of benzene rings is 2. The Morgan fingerprint density at radius 1 is 1.12 bits per heavy atom. The number of ether oxygens (including phenoxy) is 1. The lowest BCUT2D eigenvalue weighted by Crippen LogP contribution is -1.88. The van der Waals surface area contributed by atoms with Crippen molar-refractivity contribution in [3.63, 3.8) is 0 Å². The average molecular weight is 359 g/mol. The van der Waals surface area contributed by atoms with Gasteiger partial charge < -0.3 is 4.74 Å². The summed E-state index contributed by atoms with van der Waals surface area (Å²) in [4.78, 5) is 0. The summed E-state index contributed by atoms with van der Waals surface area (Å²) in [6, 6.07) is 13.9. The first-order valence-electron chi connectivity index (χ1n) is 5.28. The number of halogens is 2. The zero-order chi connectivity index (χ0) is 12.3. The Labute approximate surface area is 120 Å². The zero-order valence-electron chi connectivity index (χ0n) is 9.41. The molecular formula is C14H12ClIO. The standard InChI is InChI=1S/C14H12ClIO/c1-10-7-14(6-5-11(10)9-15)17-13-4-2-3-12(16)8-13/h2-8H,9H2,1H3. The van der Waals surface area contributed by atoms with Crippen LogP contribution in [0.15, 0.2) is 42.5 Å². The van der Waals surface area contributed by atoms with Crippen LogP contribution in [0.25, 0.3) is 0 Å². The molecule has 17 heavy (non-hydrogen) atoms. The molecule has 0 bridgehead atoms. The Kier molecular flexibility index (Phi) is 4.29. The third-order valence-corrected chi connectivity index (χ3v) is 3.45. The van der Waals surface area contributed by atoms with Crippen LogP contribution >= 0.6 is 34.2 Å². The third kappa shape index (κ3) is 3.36. The second-order valence-corrected chi connectivity index (χ2v) is 5.29. The molecule has 2 aromatic rings. The molecule has 0 atom stereocenters. The molecule has 0 spiro atoms. The fraction of sp³-hybridized carbons (Fsp3) is 0.143. The summed E-state index contributed by atoms with van der Waals surface area (Å²) < 4.78 is 6.95. The summed E-state index contributed by atoms with van der Waals surface area (Å²) in [5, 5.41) is 0. The number of rotatable bonds is 3. The molecule has 0 saturated heterocycles. The molecule has 2 rings (SSSR count). The van der Waals surface area contributed by atoms with Gasteiger partial charge in [0, 0.05) is 9.45 Å². The van der Waals surface area contributed by atoms with Gasteiger partial charge in [0.15, 0.2) is 0 Å². The lowest BCUT2D eigenvalue weighted by molar-refractivity contribution is 0.481. The maximum Gasteiger partial charge on any atom is 0.128 e. The molecule has 88 valence electrons. The van der Waals surface area contributed by atoms with Crippen LogP contribution in [0, 0.1) is 10.5 Å². The van der Waals surface area contributed by atoms with Gasteiger partial charge in [-0.2, -0.15) is 0 Å². The van der Waals surface area contributed by atoms with Gasteiger partial charge in [0.25, 0.3) is 0 Å². The first-order chi connectivity index (χ1) is 8.19. The van der Waals surface area contributed by atoms with Crippen LogP contribution in [0.3, 0.4) is 0 Å². The van der Waals surface area contributed by atoms with Crippen LogP contribution in [0.1, 0.15) is 11.1 Å². The van der Waals surface area contributed by atoms with E-state index < -0.39 is 0 Å². The van der Waals surface area contributed by atoms with Gasteiger partial charge in [0.05, 0.1) is 0 Å². The lowest BCUT2D eigenvalue weighted by atomic mass is 10.1. The zero-order valence-corrected chi connectivity index (χ0v) is 12.3. The monoisotopic (exact) mass is 358 g/mol. The van der Waals surface area contributed by atoms with Gasteiger partial charge in [0.1, 0.15) is 11.5 Å². The van der Waals surface area contributed by atoms with E-state index in [1.807, 2.05) is 49.4 Å². The topological polar surface area (TPSA) is 9.23 Å². The first-order valence-corrected chi connectivity index (χ1v) is 6.89.